The number of benzene rings is 1. The summed E-state index contributed by atoms with van der Waals surface area (Å²) >= 11 is 0. The van der Waals surface area contributed by atoms with Crippen LogP contribution in [-0.4, -0.2) is 30.3 Å². The van der Waals surface area contributed by atoms with Crippen LogP contribution in [0.4, 0.5) is 0 Å². The molecule has 0 radical (unpaired) electrons. The number of rotatable bonds is 4. The molecule has 1 atom stereocenters. The summed E-state index contributed by atoms with van der Waals surface area (Å²) in [7, 11) is 1.53. The van der Waals surface area contributed by atoms with Crippen LogP contribution in [0.15, 0.2) is 23.4 Å². The fraction of sp³-hybridized carbons (Fsp3) is 0.412. The number of hydrogen-bond donors (Lipinski definition) is 2. The summed E-state index contributed by atoms with van der Waals surface area (Å²) in [6.45, 7) is 3.83. The zero-order valence-corrected chi connectivity index (χ0v) is 13.1. The van der Waals surface area contributed by atoms with Crippen molar-refractivity contribution in [2.75, 3.05) is 7.11 Å². The molecule has 116 valence electrons. The lowest BCUT2D eigenvalue weighted by Gasteiger charge is -2.14. The van der Waals surface area contributed by atoms with Crippen molar-refractivity contribution in [1.82, 2.24) is 10.3 Å². The fourth-order valence-corrected chi connectivity index (χ4v) is 2.96. The molecule has 2 aromatic rings. The van der Waals surface area contributed by atoms with E-state index in [1.54, 1.807) is 6.21 Å². The van der Waals surface area contributed by atoms with Crippen molar-refractivity contribution < 1.29 is 9.63 Å². The second-order valence-corrected chi connectivity index (χ2v) is 6.07. The van der Waals surface area contributed by atoms with Gasteiger partial charge >= 0.3 is 0 Å². The van der Waals surface area contributed by atoms with E-state index in [1.807, 2.05) is 19.9 Å². The number of nitrogens with one attached hydrogen (secondary N) is 2. The van der Waals surface area contributed by atoms with E-state index >= 15 is 0 Å². The number of nitrogens with zero attached hydrogens (tertiary/aromatic N) is 1. The van der Waals surface area contributed by atoms with Crippen molar-refractivity contribution >= 4 is 23.0 Å². The maximum absolute atomic E-state index is 11.9. The quantitative estimate of drug-likeness (QED) is 0.672. The van der Waals surface area contributed by atoms with Gasteiger partial charge in [-0.1, -0.05) is 25.1 Å². The maximum Gasteiger partial charge on any atom is 0.222 e. The molecule has 1 aromatic carbocycles. The number of hydrogen-bond acceptors (Lipinski definition) is 3. The van der Waals surface area contributed by atoms with E-state index in [1.165, 1.54) is 23.8 Å². The largest absolute Gasteiger partial charge is 0.399 e. The van der Waals surface area contributed by atoms with E-state index in [4.69, 9.17) is 4.84 Å². The van der Waals surface area contributed by atoms with E-state index in [2.05, 4.69) is 27.6 Å². The molecule has 1 aromatic heterocycles. The highest BCUT2D eigenvalue weighted by molar-refractivity contribution is 5.92. The first kappa shape index (κ1) is 14.6. The summed E-state index contributed by atoms with van der Waals surface area (Å²) < 4.78 is 0. The van der Waals surface area contributed by atoms with Crippen LogP contribution in [0.2, 0.25) is 0 Å². The Balaban J connectivity index is 1.84. The van der Waals surface area contributed by atoms with Crippen LogP contribution in [0.25, 0.3) is 10.9 Å². The standard InChI is InChI=1S/C17H21N3O2/c1-10(2)17(21)19-12-7-14-13-6-11(9-18-22-3)4-5-15(13)20-16(14)8-12/h4-6,9-10,12,20H,7-8H2,1-3H3,(H,19,21)/b18-9+. The molecule has 5 nitrogen and oxygen atoms in total. The molecule has 1 unspecified atom stereocenters. The Morgan fingerprint density at radius 1 is 1.45 bits per heavy atom. The van der Waals surface area contributed by atoms with Crippen LogP contribution in [0.1, 0.15) is 30.7 Å². The van der Waals surface area contributed by atoms with Crippen molar-refractivity contribution in [2.45, 2.75) is 32.7 Å². The number of carbonyl (C=O) groups excluding carboxylic acids is 1. The van der Waals surface area contributed by atoms with E-state index < -0.39 is 0 Å². The van der Waals surface area contributed by atoms with Crippen LogP contribution >= 0.6 is 0 Å². The normalized spacial score (nSPS) is 17.4. The first-order chi connectivity index (χ1) is 10.6. The Kier molecular flexibility index (Phi) is 3.88. The number of aromatic nitrogens is 1. The highest BCUT2D eigenvalue weighted by Gasteiger charge is 2.27. The van der Waals surface area contributed by atoms with Gasteiger partial charge in [-0.05, 0) is 29.7 Å². The molecule has 0 saturated heterocycles. The molecule has 2 N–H and O–H groups in total. The highest BCUT2D eigenvalue weighted by atomic mass is 16.6. The molecule has 0 saturated carbocycles. The summed E-state index contributed by atoms with van der Waals surface area (Å²) in [5.74, 6) is 0.139. The SMILES string of the molecule is CO/N=C/c1ccc2[nH]c3c(c2c1)CC(NC(=O)C(C)C)C3. The van der Waals surface area contributed by atoms with Gasteiger partial charge in [0, 0.05) is 35.0 Å². The number of aromatic amines is 1. The van der Waals surface area contributed by atoms with Crippen LogP contribution in [0, 0.1) is 5.92 Å². The van der Waals surface area contributed by atoms with Gasteiger partial charge in [0.2, 0.25) is 5.91 Å². The number of oxime groups is 1. The van der Waals surface area contributed by atoms with Crippen LogP contribution in [-0.2, 0) is 22.5 Å². The molecule has 5 heteroatoms. The summed E-state index contributed by atoms with van der Waals surface area (Å²) in [5, 5.41) is 8.13. The number of fused-ring (bicyclic) bond motifs is 3. The van der Waals surface area contributed by atoms with E-state index in [-0.39, 0.29) is 17.9 Å². The van der Waals surface area contributed by atoms with Gasteiger partial charge in [0.1, 0.15) is 7.11 Å². The smallest absolute Gasteiger partial charge is 0.222 e. The average Bonchev–Trinajstić information content (AvgIpc) is 3.02. The van der Waals surface area contributed by atoms with Gasteiger partial charge in [0.25, 0.3) is 0 Å². The summed E-state index contributed by atoms with van der Waals surface area (Å²) in [5.41, 5.74) is 4.67. The van der Waals surface area contributed by atoms with Gasteiger partial charge in [0.05, 0.1) is 6.21 Å². The van der Waals surface area contributed by atoms with E-state index in [0.717, 1.165) is 23.9 Å². The number of H-pyrrole nitrogens is 1. The molecule has 0 bridgehead atoms. The lowest BCUT2D eigenvalue weighted by molar-refractivity contribution is -0.124. The lowest BCUT2D eigenvalue weighted by atomic mass is 10.1. The fourth-order valence-electron chi connectivity index (χ4n) is 2.96. The zero-order valence-electron chi connectivity index (χ0n) is 13.1. The molecule has 0 aliphatic heterocycles. The number of carbonyl (C=O) groups is 1. The van der Waals surface area contributed by atoms with Crippen molar-refractivity contribution in [2.24, 2.45) is 11.1 Å². The Hall–Kier alpha value is -2.30. The molecular weight excluding hydrogens is 278 g/mol. The topological polar surface area (TPSA) is 66.5 Å². The second kappa shape index (κ2) is 5.83. The number of amides is 1. The maximum atomic E-state index is 11.9. The zero-order chi connectivity index (χ0) is 15.7. The van der Waals surface area contributed by atoms with Gasteiger partial charge < -0.3 is 15.1 Å². The third-order valence-corrected chi connectivity index (χ3v) is 4.10. The molecular formula is C17H21N3O2. The van der Waals surface area contributed by atoms with Gasteiger partial charge in [-0.25, -0.2) is 0 Å². The van der Waals surface area contributed by atoms with Crippen molar-refractivity contribution in [3.8, 4) is 0 Å². The first-order valence-electron chi connectivity index (χ1n) is 7.59. The van der Waals surface area contributed by atoms with Gasteiger partial charge in [-0.3, -0.25) is 4.79 Å². The first-order valence-corrected chi connectivity index (χ1v) is 7.59. The Labute approximate surface area is 129 Å². The van der Waals surface area contributed by atoms with E-state index in [9.17, 15) is 4.79 Å². The van der Waals surface area contributed by atoms with E-state index in [0.29, 0.717) is 0 Å². The Bertz CT molecular complexity index is 731. The van der Waals surface area contributed by atoms with Crippen LogP contribution < -0.4 is 5.32 Å². The van der Waals surface area contributed by atoms with Crippen LogP contribution in [0.5, 0.6) is 0 Å². The third-order valence-electron chi connectivity index (χ3n) is 4.10. The molecule has 1 amide bonds. The third kappa shape index (κ3) is 2.71. The van der Waals surface area contributed by atoms with Gasteiger partial charge in [0.15, 0.2) is 0 Å². The summed E-state index contributed by atoms with van der Waals surface area (Å²) in [4.78, 5) is 20.0. The highest BCUT2D eigenvalue weighted by Crippen LogP contribution is 2.30. The van der Waals surface area contributed by atoms with Gasteiger partial charge in [-0.15, -0.1) is 0 Å². The molecule has 0 fully saturated rings. The monoisotopic (exact) mass is 299 g/mol. The predicted octanol–water partition coefficient (Wildman–Crippen LogP) is 2.39. The molecule has 1 aliphatic rings. The Morgan fingerprint density at radius 3 is 3.00 bits per heavy atom. The minimum absolute atomic E-state index is 0.0209. The average molecular weight is 299 g/mol. The predicted molar refractivity (Wildman–Crippen MR) is 87.1 cm³/mol. The minimum atomic E-state index is 0.0209. The van der Waals surface area contributed by atoms with Crippen LogP contribution in [0.3, 0.4) is 0 Å². The molecule has 3 rings (SSSR count). The Morgan fingerprint density at radius 2 is 2.27 bits per heavy atom. The molecule has 1 heterocycles. The van der Waals surface area contributed by atoms with Crippen molar-refractivity contribution in [3.63, 3.8) is 0 Å². The van der Waals surface area contributed by atoms with Crippen molar-refractivity contribution in [3.05, 3.63) is 35.0 Å². The molecule has 1 aliphatic carbocycles. The minimum Gasteiger partial charge on any atom is -0.399 e. The summed E-state index contributed by atoms with van der Waals surface area (Å²) in [6.07, 6.45) is 3.44. The summed E-state index contributed by atoms with van der Waals surface area (Å²) in [6, 6.07) is 6.37. The second-order valence-electron chi connectivity index (χ2n) is 6.07. The lowest BCUT2D eigenvalue weighted by Crippen LogP contribution is -2.37. The molecule has 22 heavy (non-hydrogen) atoms. The van der Waals surface area contributed by atoms with Gasteiger partial charge in [-0.2, -0.15) is 0 Å². The van der Waals surface area contributed by atoms with Crippen molar-refractivity contribution in [1.29, 1.82) is 0 Å². The molecule has 0 spiro atoms.